The molecule has 3 rings (SSSR count). The molecule has 0 aliphatic heterocycles. The van der Waals surface area contributed by atoms with E-state index >= 15 is 0 Å². The number of anilines is 1. The van der Waals surface area contributed by atoms with Crippen molar-refractivity contribution in [2.45, 2.75) is 31.8 Å². The van der Waals surface area contributed by atoms with Gasteiger partial charge in [-0.05, 0) is 43.9 Å². The molecule has 1 heterocycles. The van der Waals surface area contributed by atoms with Crippen LogP contribution in [0.5, 0.6) is 23.3 Å². The molecule has 1 amide bonds. The first kappa shape index (κ1) is 16.0. The van der Waals surface area contributed by atoms with Gasteiger partial charge >= 0.3 is 0 Å². The van der Waals surface area contributed by atoms with E-state index in [1.54, 1.807) is 25.3 Å². The van der Waals surface area contributed by atoms with Crippen LogP contribution in [0.2, 0.25) is 0 Å². The Kier molecular flexibility index (Phi) is 4.50. The Morgan fingerprint density at radius 1 is 1.21 bits per heavy atom. The SMILES string of the molecule is COc1ccc(C(=O)Nc2cc(O)[nH]c2O)cc1OC1CCCC1. The largest absolute Gasteiger partial charge is 0.494 e. The smallest absolute Gasteiger partial charge is 0.255 e. The summed E-state index contributed by atoms with van der Waals surface area (Å²) >= 11 is 0. The number of benzene rings is 1. The Bertz CT molecular complexity index is 735. The van der Waals surface area contributed by atoms with E-state index in [9.17, 15) is 15.0 Å². The van der Waals surface area contributed by atoms with E-state index in [0.717, 1.165) is 25.7 Å². The molecule has 1 fully saturated rings. The quantitative estimate of drug-likeness (QED) is 0.674. The van der Waals surface area contributed by atoms with Gasteiger partial charge in [0.15, 0.2) is 17.4 Å². The lowest BCUT2D eigenvalue weighted by Crippen LogP contribution is -2.14. The summed E-state index contributed by atoms with van der Waals surface area (Å²) in [7, 11) is 1.55. The third kappa shape index (κ3) is 3.40. The van der Waals surface area contributed by atoms with Crippen molar-refractivity contribution in [2.24, 2.45) is 0 Å². The molecule has 0 spiro atoms. The highest BCUT2D eigenvalue weighted by Gasteiger charge is 2.20. The average Bonchev–Trinajstić information content (AvgIpc) is 3.17. The number of ether oxygens (including phenoxy) is 2. The van der Waals surface area contributed by atoms with E-state index in [4.69, 9.17) is 9.47 Å². The van der Waals surface area contributed by atoms with Crippen molar-refractivity contribution < 1.29 is 24.5 Å². The molecule has 0 radical (unpaired) electrons. The Morgan fingerprint density at radius 3 is 2.58 bits per heavy atom. The summed E-state index contributed by atoms with van der Waals surface area (Å²) in [5, 5.41) is 21.4. The maximum absolute atomic E-state index is 12.4. The Morgan fingerprint density at radius 2 is 1.96 bits per heavy atom. The third-order valence-electron chi connectivity index (χ3n) is 4.05. The molecule has 1 aromatic carbocycles. The van der Waals surface area contributed by atoms with Crippen LogP contribution in [0.15, 0.2) is 24.3 Å². The monoisotopic (exact) mass is 332 g/mol. The highest BCUT2D eigenvalue weighted by Crippen LogP contribution is 2.33. The van der Waals surface area contributed by atoms with Gasteiger partial charge in [-0.3, -0.25) is 9.78 Å². The zero-order valence-electron chi connectivity index (χ0n) is 13.3. The summed E-state index contributed by atoms with van der Waals surface area (Å²) in [6.45, 7) is 0. The lowest BCUT2D eigenvalue weighted by Gasteiger charge is -2.16. The molecular formula is C17H20N2O5. The fraction of sp³-hybridized carbons (Fsp3) is 0.353. The lowest BCUT2D eigenvalue weighted by atomic mass is 10.1. The van der Waals surface area contributed by atoms with Crippen LogP contribution < -0.4 is 14.8 Å². The van der Waals surface area contributed by atoms with Crippen LogP contribution in [0.3, 0.4) is 0 Å². The van der Waals surface area contributed by atoms with Gasteiger partial charge in [0.25, 0.3) is 5.91 Å². The van der Waals surface area contributed by atoms with Gasteiger partial charge in [-0.2, -0.15) is 0 Å². The summed E-state index contributed by atoms with van der Waals surface area (Å²) in [6, 6.07) is 6.13. The number of aromatic hydroxyl groups is 2. The van der Waals surface area contributed by atoms with Crippen molar-refractivity contribution in [1.29, 1.82) is 0 Å². The van der Waals surface area contributed by atoms with Gasteiger partial charge in [-0.25, -0.2) is 0 Å². The van der Waals surface area contributed by atoms with Crippen molar-refractivity contribution in [3.05, 3.63) is 29.8 Å². The second-order valence-electron chi connectivity index (χ2n) is 5.76. The minimum atomic E-state index is -0.428. The first-order valence-corrected chi connectivity index (χ1v) is 7.84. The number of carbonyl (C=O) groups is 1. The normalized spacial score (nSPS) is 14.5. The number of hydrogen-bond acceptors (Lipinski definition) is 5. The summed E-state index contributed by atoms with van der Waals surface area (Å²) in [5.41, 5.74) is 0.468. The molecule has 0 saturated heterocycles. The second-order valence-corrected chi connectivity index (χ2v) is 5.76. The van der Waals surface area contributed by atoms with Crippen molar-refractivity contribution in [1.82, 2.24) is 4.98 Å². The molecule has 7 nitrogen and oxygen atoms in total. The van der Waals surface area contributed by atoms with Gasteiger partial charge < -0.3 is 25.0 Å². The van der Waals surface area contributed by atoms with E-state index < -0.39 is 5.91 Å². The van der Waals surface area contributed by atoms with Crippen molar-refractivity contribution in [3.8, 4) is 23.3 Å². The lowest BCUT2D eigenvalue weighted by molar-refractivity contribution is 0.102. The standard InChI is InChI=1S/C17H20N2O5/c1-23-13-7-6-10(8-14(13)24-11-4-2-3-5-11)16(21)18-12-9-15(20)19-17(12)22/h6-9,11,19-20,22H,2-5H2,1H3,(H,18,21). The zero-order chi connectivity index (χ0) is 17.1. The predicted molar refractivity (Wildman–Crippen MR) is 88.0 cm³/mol. The highest BCUT2D eigenvalue weighted by atomic mass is 16.5. The van der Waals surface area contributed by atoms with Crippen molar-refractivity contribution in [3.63, 3.8) is 0 Å². The number of H-pyrrole nitrogens is 1. The summed E-state index contributed by atoms with van der Waals surface area (Å²) in [6.07, 6.45) is 4.42. The molecule has 1 saturated carbocycles. The Hall–Kier alpha value is -2.83. The fourth-order valence-electron chi connectivity index (χ4n) is 2.82. The fourth-order valence-corrected chi connectivity index (χ4v) is 2.82. The molecular weight excluding hydrogens is 312 g/mol. The van der Waals surface area contributed by atoms with E-state index in [0.29, 0.717) is 17.1 Å². The number of amides is 1. The number of nitrogens with one attached hydrogen (secondary N) is 2. The first-order chi connectivity index (χ1) is 11.6. The predicted octanol–water partition coefficient (Wildman–Crippen LogP) is 3.01. The molecule has 0 bridgehead atoms. The van der Waals surface area contributed by atoms with Crippen LogP contribution in [0.4, 0.5) is 5.69 Å². The number of aromatic amines is 1. The highest BCUT2D eigenvalue weighted by molar-refractivity contribution is 6.05. The maximum Gasteiger partial charge on any atom is 0.255 e. The van der Waals surface area contributed by atoms with Gasteiger partial charge in [0.1, 0.15) is 5.69 Å². The zero-order valence-corrected chi connectivity index (χ0v) is 13.3. The topological polar surface area (TPSA) is 104 Å². The average molecular weight is 332 g/mol. The molecule has 0 unspecified atom stereocenters. The van der Waals surface area contributed by atoms with Gasteiger partial charge in [0.05, 0.1) is 13.2 Å². The van der Waals surface area contributed by atoms with Gasteiger partial charge in [-0.15, -0.1) is 0 Å². The number of methoxy groups -OCH3 is 1. The van der Waals surface area contributed by atoms with E-state index in [1.165, 1.54) is 6.07 Å². The molecule has 2 aromatic rings. The van der Waals surface area contributed by atoms with Crippen molar-refractivity contribution in [2.75, 3.05) is 12.4 Å². The number of carbonyl (C=O) groups excluding carboxylic acids is 1. The molecule has 4 N–H and O–H groups in total. The number of aromatic nitrogens is 1. The van der Waals surface area contributed by atoms with E-state index in [2.05, 4.69) is 10.3 Å². The van der Waals surface area contributed by atoms with E-state index in [-0.39, 0.29) is 23.6 Å². The summed E-state index contributed by atoms with van der Waals surface area (Å²) in [4.78, 5) is 14.6. The number of rotatable bonds is 5. The van der Waals surface area contributed by atoms with Crippen LogP contribution in [0.25, 0.3) is 0 Å². The molecule has 1 aromatic heterocycles. The second kappa shape index (κ2) is 6.74. The molecule has 1 aliphatic carbocycles. The van der Waals surface area contributed by atoms with E-state index in [1.807, 2.05) is 0 Å². The van der Waals surface area contributed by atoms with Crippen LogP contribution in [0.1, 0.15) is 36.0 Å². The number of hydrogen-bond donors (Lipinski definition) is 4. The summed E-state index contributed by atoms with van der Waals surface area (Å²) in [5.74, 6) is 0.126. The van der Waals surface area contributed by atoms with Crippen LogP contribution in [-0.4, -0.2) is 34.3 Å². The van der Waals surface area contributed by atoms with Gasteiger partial charge in [0, 0.05) is 11.6 Å². The Balaban J connectivity index is 1.79. The minimum Gasteiger partial charge on any atom is -0.494 e. The molecule has 24 heavy (non-hydrogen) atoms. The Labute approximate surface area is 139 Å². The maximum atomic E-state index is 12.4. The van der Waals surface area contributed by atoms with Crippen LogP contribution >= 0.6 is 0 Å². The summed E-state index contributed by atoms with van der Waals surface area (Å²) < 4.78 is 11.3. The molecule has 1 aliphatic rings. The third-order valence-corrected chi connectivity index (χ3v) is 4.05. The van der Waals surface area contributed by atoms with Crippen molar-refractivity contribution >= 4 is 11.6 Å². The minimum absolute atomic E-state index is 0.103. The van der Waals surface area contributed by atoms with Gasteiger partial charge in [0.2, 0.25) is 5.88 Å². The molecule has 128 valence electrons. The molecule has 0 atom stereocenters. The van der Waals surface area contributed by atoms with Gasteiger partial charge in [-0.1, -0.05) is 0 Å². The first-order valence-electron chi connectivity index (χ1n) is 7.84. The van der Waals surface area contributed by atoms with Crippen LogP contribution in [-0.2, 0) is 0 Å². The van der Waals surface area contributed by atoms with Crippen LogP contribution in [0, 0.1) is 0 Å². The molecule has 7 heteroatoms.